The Labute approximate surface area is 107 Å². The summed E-state index contributed by atoms with van der Waals surface area (Å²) in [4.78, 5) is 12.8. The Balaban J connectivity index is 1.98. The second-order valence-corrected chi connectivity index (χ2v) is 5.16. The van der Waals surface area contributed by atoms with Gasteiger partial charge in [-0.2, -0.15) is 0 Å². The number of halogens is 2. The maximum absolute atomic E-state index is 13.3. The molecule has 0 saturated carbocycles. The van der Waals surface area contributed by atoms with Gasteiger partial charge < -0.3 is 5.11 Å². The molecule has 1 atom stereocenters. The molecule has 1 fully saturated rings. The summed E-state index contributed by atoms with van der Waals surface area (Å²) < 4.78 is 13.7. The summed E-state index contributed by atoms with van der Waals surface area (Å²) in [5.74, 6) is -1.30. The van der Waals surface area contributed by atoms with Crippen LogP contribution in [-0.4, -0.2) is 29.1 Å². The van der Waals surface area contributed by atoms with E-state index in [9.17, 15) is 9.18 Å². The number of likely N-dealkylation sites (tertiary alicyclic amines) is 1. The molecular weight excluding hydrogens is 289 g/mol. The zero-order chi connectivity index (χ0) is 12.4. The molecule has 17 heavy (non-hydrogen) atoms. The highest BCUT2D eigenvalue weighted by Crippen LogP contribution is 2.21. The van der Waals surface area contributed by atoms with Crippen LogP contribution < -0.4 is 0 Å². The van der Waals surface area contributed by atoms with E-state index in [1.54, 1.807) is 6.07 Å². The van der Waals surface area contributed by atoms with Crippen molar-refractivity contribution in [1.29, 1.82) is 0 Å². The van der Waals surface area contributed by atoms with Gasteiger partial charge in [-0.15, -0.1) is 0 Å². The van der Waals surface area contributed by atoms with E-state index >= 15 is 0 Å². The number of benzene rings is 1. The summed E-state index contributed by atoms with van der Waals surface area (Å²) in [6.07, 6.45) is 0.675. The first-order chi connectivity index (χ1) is 8.06. The van der Waals surface area contributed by atoms with Crippen molar-refractivity contribution in [3.63, 3.8) is 0 Å². The smallest absolute Gasteiger partial charge is 0.307 e. The molecule has 0 radical (unpaired) electrons. The van der Waals surface area contributed by atoms with Gasteiger partial charge in [-0.05, 0) is 46.6 Å². The predicted octanol–water partition coefficient (Wildman–Crippen LogP) is 2.49. The number of aliphatic carboxylic acids is 1. The fourth-order valence-corrected chi connectivity index (χ4v) is 2.32. The second-order valence-electron chi connectivity index (χ2n) is 4.31. The maximum Gasteiger partial charge on any atom is 0.307 e. The molecule has 2 rings (SSSR count). The van der Waals surface area contributed by atoms with Crippen molar-refractivity contribution >= 4 is 21.9 Å². The topological polar surface area (TPSA) is 40.5 Å². The van der Waals surface area contributed by atoms with Gasteiger partial charge in [-0.1, -0.05) is 6.07 Å². The van der Waals surface area contributed by atoms with Crippen molar-refractivity contribution in [2.75, 3.05) is 13.1 Å². The van der Waals surface area contributed by atoms with Gasteiger partial charge >= 0.3 is 5.97 Å². The van der Waals surface area contributed by atoms with E-state index < -0.39 is 5.97 Å². The van der Waals surface area contributed by atoms with E-state index in [-0.39, 0.29) is 11.7 Å². The molecule has 0 spiro atoms. The third kappa shape index (κ3) is 3.04. The zero-order valence-corrected chi connectivity index (χ0v) is 10.8. The molecule has 5 heteroatoms. The fraction of sp³-hybridized carbons (Fsp3) is 0.417. The van der Waals surface area contributed by atoms with E-state index in [1.165, 1.54) is 6.07 Å². The van der Waals surface area contributed by atoms with Gasteiger partial charge in [-0.25, -0.2) is 4.39 Å². The third-order valence-electron chi connectivity index (χ3n) is 3.01. The predicted molar refractivity (Wildman–Crippen MR) is 65.1 cm³/mol. The quantitative estimate of drug-likeness (QED) is 0.932. The van der Waals surface area contributed by atoms with Crippen molar-refractivity contribution in [2.24, 2.45) is 5.92 Å². The fourth-order valence-electron chi connectivity index (χ4n) is 2.07. The van der Waals surface area contributed by atoms with Crippen LogP contribution in [0, 0.1) is 11.7 Å². The highest BCUT2D eigenvalue weighted by molar-refractivity contribution is 9.10. The van der Waals surface area contributed by atoms with E-state index in [2.05, 4.69) is 15.9 Å². The molecule has 0 bridgehead atoms. The Morgan fingerprint density at radius 3 is 2.94 bits per heavy atom. The average molecular weight is 302 g/mol. The van der Waals surface area contributed by atoms with E-state index in [1.807, 2.05) is 11.0 Å². The number of carboxylic acid groups (broad SMARTS) is 1. The van der Waals surface area contributed by atoms with Gasteiger partial charge in [0.05, 0.1) is 10.4 Å². The van der Waals surface area contributed by atoms with Crippen molar-refractivity contribution < 1.29 is 14.3 Å². The summed E-state index contributed by atoms with van der Waals surface area (Å²) in [5.41, 5.74) is 0.872. The summed E-state index contributed by atoms with van der Waals surface area (Å²) in [5, 5.41) is 8.88. The Morgan fingerprint density at radius 1 is 1.59 bits per heavy atom. The molecule has 1 heterocycles. The van der Waals surface area contributed by atoms with E-state index in [0.717, 1.165) is 12.1 Å². The maximum atomic E-state index is 13.3. The lowest BCUT2D eigenvalue weighted by molar-refractivity contribution is -0.141. The normalized spacial score (nSPS) is 20.7. The minimum Gasteiger partial charge on any atom is -0.481 e. The number of hydrogen-bond acceptors (Lipinski definition) is 2. The van der Waals surface area contributed by atoms with Gasteiger partial charge in [0, 0.05) is 13.1 Å². The lowest BCUT2D eigenvalue weighted by Crippen LogP contribution is -2.22. The van der Waals surface area contributed by atoms with Gasteiger partial charge in [-0.3, -0.25) is 9.69 Å². The van der Waals surface area contributed by atoms with Crippen LogP contribution in [-0.2, 0) is 11.3 Å². The molecule has 92 valence electrons. The molecule has 1 aromatic rings. The highest BCUT2D eigenvalue weighted by Gasteiger charge is 2.27. The molecule has 0 aromatic heterocycles. The molecule has 1 saturated heterocycles. The number of rotatable bonds is 3. The van der Waals surface area contributed by atoms with Gasteiger partial charge in [0.2, 0.25) is 0 Å². The van der Waals surface area contributed by atoms with Crippen molar-refractivity contribution in [3.05, 3.63) is 34.1 Å². The van der Waals surface area contributed by atoms with Crippen molar-refractivity contribution in [3.8, 4) is 0 Å². The van der Waals surface area contributed by atoms with E-state index in [0.29, 0.717) is 24.0 Å². The first-order valence-electron chi connectivity index (χ1n) is 5.45. The Hall–Kier alpha value is -0.940. The van der Waals surface area contributed by atoms with E-state index in [4.69, 9.17) is 5.11 Å². The molecular formula is C12H13BrFNO2. The molecule has 0 unspecified atom stereocenters. The Bertz CT molecular complexity index is 439. The molecule has 1 aliphatic heterocycles. The SMILES string of the molecule is O=C(O)[C@@H]1CCN(Cc2ccc(Br)c(F)c2)C1. The average Bonchev–Trinajstić information content (AvgIpc) is 2.72. The molecule has 1 aromatic carbocycles. The minimum atomic E-state index is -0.741. The van der Waals surface area contributed by atoms with Crippen LogP contribution in [0.2, 0.25) is 0 Å². The molecule has 0 amide bonds. The standard InChI is InChI=1S/C12H13BrFNO2/c13-10-2-1-8(5-11(10)14)6-15-4-3-9(7-15)12(16)17/h1-2,5,9H,3-4,6-7H2,(H,16,17)/t9-/m1/s1. The summed E-state index contributed by atoms with van der Waals surface area (Å²) in [7, 11) is 0. The van der Waals surface area contributed by atoms with Crippen molar-refractivity contribution in [1.82, 2.24) is 4.90 Å². The summed E-state index contributed by atoms with van der Waals surface area (Å²) in [6.45, 7) is 1.91. The lowest BCUT2D eigenvalue weighted by Gasteiger charge is -2.15. The molecule has 1 N–H and O–H groups in total. The van der Waals surface area contributed by atoms with Crippen LogP contribution in [0.3, 0.4) is 0 Å². The third-order valence-corrected chi connectivity index (χ3v) is 3.65. The van der Waals surface area contributed by atoms with Crippen LogP contribution in [0.15, 0.2) is 22.7 Å². The lowest BCUT2D eigenvalue weighted by atomic mass is 10.1. The monoisotopic (exact) mass is 301 g/mol. The minimum absolute atomic E-state index is 0.281. The Kier molecular flexibility index (Phi) is 3.79. The molecule has 0 aliphatic carbocycles. The first kappa shape index (κ1) is 12.5. The number of nitrogens with zero attached hydrogens (tertiary/aromatic N) is 1. The van der Waals surface area contributed by atoms with Crippen molar-refractivity contribution in [2.45, 2.75) is 13.0 Å². The molecule has 1 aliphatic rings. The van der Waals surface area contributed by atoms with Crippen LogP contribution >= 0.6 is 15.9 Å². The molecule has 3 nitrogen and oxygen atoms in total. The van der Waals surface area contributed by atoms with Gasteiger partial charge in [0.1, 0.15) is 5.82 Å². The van der Waals surface area contributed by atoms with Crippen LogP contribution in [0.1, 0.15) is 12.0 Å². The first-order valence-corrected chi connectivity index (χ1v) is 6.24. The van der Waals surface area contributed by atoms with Crippen LogP contribution in [0.25, 0.3) is 0 Å². The largest absolute Gasteiger partial charge is 0.481 e. The number of carbonyl (C=O) groups is 1. The Morgan fingerprint density at radius 2 is 2.35 bits per heavy atom. The number of hydrogen-bond donors (Lipinski definition) is 1. The zero-order valence-electron chi connectivity index (χ0n) is 9.20. The number of carboxylic acids is 1. The van der Waals surface area contributed by atoms with Gasteiger partial charge in [0.15, 0.2) is 0 Å². The highest BCUT2D eigenvalue weighted by atomic mass is 79.9. The van der Waals surface area contributed by atoms with Crippen LogP contribution in [0.5, 0.6) is 0 Å². The van der Waals surface area contributed by atoms with Crippen LogP contribution in [0.4, 0.5) is 4.39 Å². The summed E-state index contributed by atoms with van der Waals surface area (Å²) in [6, 6.07) is 5.01. The second kappa shape index (κ2) is 5.14. The summed E-state index contributed by atoms with van der Waals surface area (Å²) >= 11 is 3.10. The van der Waals surface area contributed by atoms with Gasteiger partial charge in [0.25, 0.3) is 0 Å².